The fraction of sp³-hybridized carbons (Fsp3) is 0.389. The number of nitrogens with zero attached hydrogens (tertiary/aromatic N) is 4. The third-order valence-corrected chi connectivity index (χ3v) is 5.98. The number of aliphatic imine (C=N–C) groups is 1. The number of ether oxygens (including phenoxy) is 1. The van der Waals surface area contributed by atoms with Crippen molar-refractivity contribution in [1.29, 1.82) is 0 Å². The summed E-state index contributed by atoms with van der Waals surface area (Å²) in [5.41, 5.74) is 0.434. The molecule has 0 aliphatic carbocycles. The van der Waals surface area contributed by atoms with Crippen LogP contribution < -0.4 is 4.74 Å². The zero-order valence-corrected chi connectivity index (χ0v) is 16.5. The number of hydrogen-bond donors (Lipinski definition) is 0. The Morgan fingerprint density at radius 2 is 2.00 bits per heavy atom. The molecule has 0 radical (unpaired) electrons. The Morgan fingerprint density at radius 1 is 1.21 bits per heavy atom. The van der Waals surface area contributed by atoms with Crippen LogP contribution in [0.15, 0.2) is 28.1 Å². The SMILES string of the molecule is O=C1N=C(N2CCCCN2Cl)S/C1=C\c1ccc(F)cc1OC(=O)N1CCC1. The number of hydrazine groups is 1. The van der Waals surface area contributed by atoms with Crippen molar-refractivity contribution in [2.24, 2.45) is 4.99 Å². The molecule has 0 unspecified atom stereocenters. The van der Waals surface area contributed by atoms with Crippen molar-refractivity contribution >= 4 is 46.8 Å². The Morgan fingerprint density at radius 3 is 2.71 bits per heavy atom. The van der Waals surface area contributed by atoms with E-state index < -0.39 is 17.8 Å². The van der Waals surface area contributed by atoms with Crippen molar-refractivity contribution < 1.29 is 18.7 Å². The predicted octanol–water partition coefficient (Wildman–Crippen LogP) is 3.47. The third kappa shape index (κ3) is 4.01. The van der Waals surface area contributed by atoms with Crippen molar-refractivity contribution in [3.8, 4) is 5.75 Å². The zero-order valence-electron chi connectivity index (χ0n) is 14.9. The van der Waals surface area contributed by atoms with Gasteiger partial charge in [-0.1, -0.05) is 0 Å². The molecule has 0 aromatic heterocycles. The summed E-state index contributed by atoms with van der Waals surface area (Å²) in [7, 11) is 0. The fourth-order valence-corrected chi connectivity index (χ4v) is 4.20. The molecule has 3 heterocycles. The van der Waals surface area contributed by atoms with Crippen LogP contribution in [0, 0.1) is 5.82 Å². The summed E-state index contributed by atoms with van der Waals surface area (Å²) in [6, 6.07) is 3.87. The number of likely N-dealkylation sites (tertiary alicyclic amines) is 1. The summed E-state index contributed by atoms with van der Waals surface area (Å²) in [6.07, 6.45) is 3.91. The number of benzene rings is 1. The van der Waals surface area contributed by atoms with E-state index in [1.165, 1.54) is 33.3 Å². The molecular formula is C18H18ClFN4O3S. The summed E-state index contributed by atoms with van der Waals surface area (Å²) < 4.78 is 20.6. The number of hydrogen-bond acceptors (Lipinski definition) is 6. The highest BCUT2D eigenvalue weighted by atomic mass is 35.5. The maximum absolute atomic E-state index is 13.7. The van der Waals surface area contributed by atoms with Gasteiger partial charge in [-0.3, -0.25) is 9.80 Å². The smallest absolute Gasteiger partial charge is 0.409 e. The van der Waals surface area contributed by atoms with Gasteiger partial charge in [0.05, 0.1) is 4.91 Å². The van der Waals surface area contributed by atoms with Crippen LogP contribution in [0.5, 0.6) is 5.75 Å². The van der Waals surface area contributed by atoms with Gasteiger partial charge in [0.2, 0.25) is 0 Å². The molecule has 0 bridgehead atoms. The van der Waals surface area contributed by atoms with Gasteiger partial charge in [0, 0.05) is 37.8 Å². The summed E-state index contributed by atoms with van der Waals surface area (Å²) in [6.45, 7) is 2.62. The van der Waals surface area contributed by atoms with E-state index in [-0.39, 0.29) is 5.75 Å². The Balaban J connectivity index is 1.54. The quantitative estimate of drug-likeness (QED) is 0.535. The van der Waals surface area contributed by atoms with Crippen LogP contribution in [-0.2, 0) is 4.79 Å². The van der Waals surface area contributed by atoms with E-state index in [2.05, 4.69) is 4.99 Å². The van der Waals surface area contributed by atoms with E-state index in [9.17, 15) is 14.0 Å². The van der Waals surface area contributed by atoms with Crippen molar-refractivity contribution in [3.05, 3.63) is 34.5 Å². The summed E-state index contributed by atoms with van der Waals surface area (Å²) in [5.74, 6) is -0.856. The minimum Gasteiger partial charge on any atom is -0.409 e. The summed E-state index contributed by atoms with van der Waals surface area (Å²) in [5, 5.41) is 2.27. The van der Waals surface area contributed by atoms with Gasteiger partial charge in [-0.25, -0.2) is 9.18 Å². The van der Waals surface area contributed by atoms with Crippen LogP contribution in [0.4, 0.5) is 9.18 Å². The molecule has 1 aromatic rings. The molecule has 0 saturated carbocycles. The second-order valence-corrected chi connectivity index (χ2v) is 7.99. The van der Waals surface area contributed by atoms with Crippen LogP contribution in [0.2, 0.25) is 0 Å². The van der Waals surface area contributed by atoms with Crippen LogP contribution >= 0.6 is 23.5 Å². The topological polar surface area (TPSA) is 65.5 Å². The standard InChI is InChI=1S/C18H18ClFN4O3S/c19-24-9-2-1-8-23(24)17-21-16(25)15(28-17)10-12-4-5-13(20)11-14(12)27-18(26)22-6-3-7-22/h4-5,10-11H,1-3,6-9H2/b15-10-. The lowest BCUT2D eigenvalue weighted by Gasteiger charge is -2.33. The maximum Gasteiger partial charge on any atom is 0.415 e. The molecule has 3 aliphatic heterocycles. The third-order valence-electron chi connectivity index (χ3n) is 4.63. The normalized spacial score (nSPS) is 21.7. The Hall–Kier alpha value is -2.10. The zero-order chi connectivity index (χ0) is 19.7. The predicted molar refractivity (Wildman–Crippen MR) is 105 cm³/mol. The van der Waals surface area contributed by atoms with Crippen LogP contribution in [0.25, 0.3) is 6.08 Å². The van der Waals surface area contributed by atoms with E-state index in [1.54, 1.807) is 11.1 Å². The van der Waals surface area contributed by atoms with E-state index in [1.807, 2.05) is 0 Å². The first-order chi connectivity index (χ1) is 13.5. The number of amidine groups is 1. The molecule has 2 amide bonds. The lowest BCUT2D eigenvalue weighted by molar-refractivity contribution is -0.113. The van der Waals surface area contributed by atoms with Gasteiger partial charge >= 0.3 is 6.09 Å². The van der Waals surface area contributed by atoms with Crippen molar-refractivity contribution in [2.45, 2.75) is 19.3 Å². The van der Waals surface area contributed by atoms with Gasteiger partial charge in [-0.15, -0.1) is 4.53 Å². The van der Waals surface area contributed by atoms with E-state index in [0.717, 1.165) is 25.3 Å². The van der Waals surface area contributed by atoms with Crippen molar-refractivity contribution in [1.82, 2.24) is 14.4 Å². The molecule has 1 aromatic carbocycles. The monoisotopic (exact) mass is 424 g/mol. The fourth-order valence-electron chi connectivity index (χ4n) is 2.94. The highest BCUT2D eigenvalue weighted by Crippen LogP contribution is 2.34. The summed E-state index contributed by atoms with van der Waals surface area (Å²) in [4.78, 5) is 30.4. The minimum atomic E-state index is -0.526. The largest absolute Gasteiger partial charge is 0.415 e. The number of halogens is 2. The number of rotatable bonds is 2. The van der Waals surface area contributed by atoms with Crippen LogP contribution in [0.1, 0.15) is 24.8 Å². The van der Waals surface area contributed by atoms with Gasteiger partial charge < -0.3 is 9.64 Å². The Kier molecular flexibility index (Phi) is 5.56. The molecule has 10 heteroatoms. The van der Waals surface area contributed by atoms with Crippen LogP contribution in [0.3, 0.4) is 0 Å². The Labute approximate surface area is 170 Å². The highest BCUT2D eigenvalue weighted by molar-refractivity contribution is 8.18. The molecule has 28 heavy (non-hydrogen) atoms. The molecule has 3 aliphatic rings. The van der Waals surface area contributed by atoms with Gasteiger partial charge in [0.25, 0.3) is 5.91 Å². The second-order valence-electron chi connectivity index (χ2n) is 6.59. The van der Waals surface area contributed by atoms with Crippen LogP contribution in [-0.4, -0.2) is 57.8 Å². The van der Waals surface area contributed by atoms with E-state index in [4.69, 9.17) is 16.5 Å². The highest BCUT2D eigenvalue weighted by Gasteiger charge is 2.31. The first-order valence-corrected chi connectivity index (χ1v) is 10.2. The molecule has 2 fully saturated rings. The van der Waals surface area contributed by atoms with Gasteiger partial charge in [0.15, 0.2) is 5.17 Å². The minimum absolute atomic E-state index is 0.0724. The molecule has 0 N–H and O–H groups in total. The first-order valence-electron chi connectivity index (χ1n) is 9.01. The lowest BCUT2D eigenvalue weighted by atomic mass is 10.1. The molecule has 0 spiro atoms. The average molecular weight is 425 g/mol. The molecule has 148 valence electrons. The van der Waals surface area contributed by atoms with Crippen molar-refractivity contribution in [2.75, 3.05) is 26.2 Å². The Bertz CT molecular complexity index is 874. The van der Waals surface area contributed by atoms with Crippen molar-refractivity contribution in [3.63, 3.8) is 0 Å². The molecule has 2 saturated heterocycles. The maximum atomic E-state index is 13.7. The first kappa shape index (κ1) is 19.2. The lowest BCUT2D eigenvalue weighted by Crippen LogP contribution is -2.43. The molecular weight excluding hydrogens is 407 g/mol. The number of carbonyl (C=O) groups is 2. The average Bonchev–Trinajstić information content (AvgIpc) is 2.96. The molecule has 0 atom stereocenters. The summed E-state index contributed by atoms with van der Waals surface area (Å²) >= 11 is 7.39. The molecule has 7 nitrogen and oxygen atoms in total. The number of carbonyl (C=O) groups excluding carboxylic acids is 2. The van der Waals surface area contributed by atoms with Gasteiger partial charge in [-0.05, 0) is 61.0 Å². The van der Waals surface area contributed by atoms with Gasteiger partial charge in [-0.2, -0.15) is 4.99 Å². The van der Waals surface area contributed by atoms with Gasteiger partial charge in [0.1, 0.15) is 11.6 Å². The second kappa shape index (κ2) is 8.10. The number of amides is 2. The van der Waals surface area contributed by atoms with E-state index >= 15 is 0 Å². The number of thioether (sulfide) groups is 1. The van der Waals surface area contributed by atoms with E-state index in [0.29, 0.717) is 41.8 Å². The molecule has 4 rings (SSSR count).